The first-order chi connectivity index (χ1) is 6.68. The van der Waals surface area contributed by atoms with Crippen molar-refractivity contribution in [2.75, 3.05) is 11.2 Å². The SMILES string of the molecule is NC(=S)Nc1cc2ccccc2n1N. The van der Waals surface area contributed by atoms with Crippen LogP contribution in [0.4, 0.5) is 5.82 Å². The molecule has 14 heavy (non-hydrogen) atoms. The van der Waals surface area contributed by atoms with Crippen LogP contribution in [0, 0.1) is 0 Å². The first-order valence-electron chi connectivity index (χ1n) is 4.10. The molecule has 0 atom stereocenters. The molecule has 1 aromatic carbocycles. The molecule has 1 heterocycles. The van der Waals surface area contributed by atoms with E-state index in [0.29, 0.717) is 5.82 Å². The number of para-hydroxylation sites is 1. The molecule has 5 heteroatoms. The Morgan fingerprint density at radius 1 is 1.36 bits per heavy atom. The van der Waals surface area contributed by atoms with Gasteiger partial charge >= 0.3 is 0 Å². The van der Waals surface area contributed by atoms with Gasteiger partial charge in [-0.25, -0.2) is 4.68 Å². The quantitative estimate of drug-likeness (QED) is 0.481. The molecule has 0 saturated heterocycles. The van der Waals surface area contributed by atoms with E-state index < -0.39 is 0 Å². The maximum absolute atomic E-state index is 5.83. The van der Waals surface area contributed by atoms with Crippen molar-refractivity contribution in [2.45, 2.75) is 0 Å². The summed E-state index contributed by atoms with van der Waals surface area (Å²) in [7, 11) is 0. The van der Waals surface area contributed by atoms with Crippen LogP contribution in [0.2, 0.25) is 0 Å². The van der Waals surface area contributed by atoms with Crippen molar-refractivity contribution in [1.82, 2.24) is 4.68 Å². The Labute approximate surface area is 86.5 Å². The van der Waals surface area contributed by atoms with Crippen molar-refractivity contribution in [3.63, 3.8) is 0 Å². The third kappa shape index (κ3) is 1.38. The molecule has 2 aromatic rings. The number of aromatic nitrogens is 1. The second kappa shape index (κ2) is 3.19. The van der Waals surface area contributed by atoms with Crippen LogP contribution >= 0.6 is 12.2 Å². The molecule has 0 saturated carbocycles. The number of nitrogens with two attached hydrogens (primary N) is 2. The number of hydrogen-bond donors (Lipinski definition) is 3. The Balaban J connectivity index is 2.57. The highest BCUT2D eigenvalue weighted by Crippen LogP contribution is 2.20. The van der Waals surface area contributed by atoms with E-state index in [1.165, 1.54) is 4.68 Å². The Morgan fingerprint density at radius 3 is 2.71 bits per heavy atom. The van der Waals surface area contributed by atoms with Crippen molar-refractivity contribution in [3.8, 4) is 0 Å². The van der Waals surface area contributed by atoms with Crippen LogP contribution in [0.3, 0.4) is 0 Å². The molecular formula is C9H10N4S. The lowest BCUT2D eigenvalue weighted by Crippen LogP contribution is -2.23. The van der Waals surface area contributed by atoms with Crippen LogP contribution in [0.5, 0.6) is 0 Å². The predicted molar refractivity (Wildman–Crippen MR) is 62.5 cm³/mol. The van der Waals surface area contributed by atoms with Gasteiger partial charge < -0.3 is 16.9 Å². The molecule has 0 fully saturated rings. The van der Waals surface area contributed by atoms with Gasteiger partial charge in [0, 0.05) is 5.39 Å². The molecule has 1 aromatic heterocycles. The predicted octanol–water partition coefficient (Wildman–Crippen LogP) is 1.01. The maximum Gasteiger partial charge on any atom is 0.169 e. The van der Waals surface area contributed by atoms with Crippen LogP contribution in [0.15, 0.2) is 30.3 Å². The standard InChI is InChI=1S/C9H10N4S/c10-9(14)12-8-5-6-3-1-2-4-7(6)13(8)11/h1-5H,11H2,(H3,10,12,14). The Bertz CT molecular complexity index is 489. The van der Waals surface area contributed by atoms with Crippen molar-refractivity contribution in [2.24, 2.45) is 5.73 Å². The van der Waals surface area contributed by atoms with Crippen LogP contribution in [0.25, 0.3) is 10.9 Å². The number of fused-ring (bicyclic) bond motifs is 1. The number of thiocarbonyl (C=S) groups is 1. The van der Waals surface area contributed by atoms with Gasteiger partial charge in [-0.3, -0.25) is 0 Å². The molecule has 0 aliphatic rings. The smallest absolute Gasteiger partial charge is 0.169 e. The second-order valence-electron chi connectivity index (χ2n) is 2.95. The molecule has 0 amide bonds. The fourth-order valence-corrected chi connectivity index (χ4v) is 1.50. The first-order valence-corrected chi connectivity index (χ1v) is 4.51. The first kappa shape index (κ1) is 8.83. The molecule has 0 radical (unpaired) electrons. The summed E-state index contributed by atoms with van der Waals surface area (Å²) in [6.45, 7) is 0. The summed E-state index contributed by atoms with van der Waals surface area (Å²) in [5.74, 6) is 6.52. The fraction of sp³-hybridized carbons (Fsp3) is 0. The summed E-state index contributed by atoms with van der Waals surface area (Å²) < 4.78 is 1.52. The van der Waals surface area contributed by atoms with E-state index in [1.54, 1.807) is 0 Å². The van der Waals surface area contributed by atoms with Crippen LogP contribution in [0.1, 0.15) is 0 Å². The molecular weight excluding hydrogens is 196 g/mol. The van der Waals surface area contributed by atoms with Gasteiger partial charge in [0.1, 0.15) is 5.82 Å². The van der Waals surface area contributed by atoms with Gasteiger partial charge in [0.25, 0.3) is 0 Å². The number of hydrogen-bond acceptors (Lipinski definition) is 2. The van der Waals surface area contributed by atoms with Crippen molar-refractivity contribution >= 4 is 34.1 Å². The van der Waals surface area contributed by atoms with Gasteiger partial charge in [0.05, 0.1) is 5.52 Å². The minimum absolute atomic E-state index is 0.208. The highest BCUT2D eigenvalue weighted by molar-refractivity contribution is 7.80. The van der Waals surface area contributed by atoms with Crippen molar-refractivity contribution in [1.29, 1.82) is 0 Å². The van der Waals surface area contributed by atoms with Crippen LogP contribution < -0.4 is 16.9 Å². The Hall–Kier alpha value is -1.75. The molecule has 5 N–H and O–H groups in total. The highest BCUT2D eigenvalue weighted by Gasteiger charge is 2.04. The summed E-state index contributed by atoms with van der Waals surface area (Å²) in [6.07, 6.45) is 0. The molecule has 0 unspecified atom stereocenters. The number of nitrogen functional groups attached to an aromatic ring is 1. The number of anilines is 1. The van der Waals surface area contributed by atoms with E-state index in [0.717, 1.165) is 10.9 Å². The Kier molecular flexibility index (Phi) is 2.01. The normalized spacial score (nSPS) is 10.3. The summed E-state index contributed by atoms with van der Waals surface area (Å²) in [6, 6.07) is 9.68. The minimum Gasteiger partial charge on any atom is -0.376 e. The van der Waals surface area contributed by atoms with Gasteiger partial charge in [0.2, 0.25) is 0 Å². The van der Waals surface area contributed by atoms with Crippen molar-refractivity contribution in [3.05, 3.63) is 30.3 Å². The zero-order valence-electron chi connectivity index (χ0n) is 7.40. The zero-order chi connectivity index (χ0) is 10.1. The average Bonchev–Trinajstić information content (AvgIpc) is 2.44. The van der Waals surface area contributed by atoms with Gasteiger partial charge in [-0.05, 0) is 24.4 Å². The molecule has 2 rings (SSSR count). The topological polar surface area (TPSA) is 69.0 Å². The zero-order valence-corrected chi connectivity index (χ0v) is 8.21. The van der Waals surface area contributed by atoms with Gasteiger partial charge in [-0.1, -0.05) is 18.2 Å². The molecule has 0 aliphatic carbocycles. The lowest BCUT2D eigenvalue weighted by atomic mass is 10.2. The monoisotopic (exact) mass is 206 g/mol. The van der Waals surface area contributed by atoms with Gasteiger partial charge in [-0.15, -0.1) is 0 Å². The molecule has 4 nitrogen and oxygen atoms in total. The lowest BCUT2D eigenvalue weighted by Gasteiger charge is -2.04. The van der Waals surface area contributed by atoms with Crippen LogP contribution in [-0.2, 0) is 0 Å². The van der Waals surface area contributed by atoms with E-state index >= 15 is 0 Å². The van der Waals surface area contributed by atoms with E-state index in [9.17, 15) is 0 Å². The number of nitrogens with zero attached hydrogens (tertiary/aromatic N) is 1. The molecule has 0 aliphatic heterocycles. The van der Waals surface area contributed by atoms with Gasteiger partial charge in [0.15, 0.2) is 5.11 Å². The average molecular weight is 206 g/mol. The molecule has 0 bridgehead atoms. The van der Waals surface area contributed by atoms with E-state index in [1.807, 2.05) is 30.3 Å². The highest BCUT2D eigenvalue weighted by atomic mass is 32.1. The van der Waals surface area contributed by atoms with E-state index in [4.69, 9.17) is 23.8 Å². The summed E-state index contributed by atoms with van der Waals surface area (Å²) in [4.78, 5) is 0. The molecule has 0 spiro atoms. The summed E-state index contributed by atoms with van der Waals surface area (Å²) in [5, 5.41) is 4.07. The maximum atomic E-state index is 5.83. The van der Waals surface area contributed by atoms with Crippen LogP contribution in [-0.4, -0.2) is 9.79 Å². The summed E-state index contributed by atoms with van der Waals surface area (Å²) >= 11 is 4.74. The molecule has 72 valence electrons. The van der Waals surface area contributed by atoms with Crippen molar-refractivity contribution < 1.29 is 0 Å². The van der Waals surface area contributed by atoms with E-state index in [2.05, 4.69) is 5.32 Å². The minimum atomic E-state index is 0.208. The van der Waals surface area contributed by atoms with E-state index in [-0.39, 0.29) is 5.11 Å². The lowest BCUT2D eigenvalue weighted by molar-refractivity contribution is 1.08. The van der Waals surface area contributed by atoms with Gasteiger partial charge in [-0.2, -0.15) is 0 Å². The number of benzene rings is 1. The number of nitrogens with one attached hydrogen (secondary N) is 1. The fourth-order valence-electron chi connectivity index (χ4n) is 1.40. The Morgan fingerprint density at radius 2 is 2.07 bits per heavy atom. The largest absolute Gasteiger partial charge is 0.376 e. The summed E-state index contributed by atoms with van der Waals surface area (Å²) in [5.41, 5.74) is 6.30. The second-order valence-corrected chi connectivity index (χ2v) is 3.39. The number of rotatable bonds is 1. The third-order valence-electron chi connectivity index (χ3n) is 2.00. The third-order valence-corrected chi connectivity index (χ3v) is 2.10.